The van der Waals surface area contributed by atoms with Crippen molar-refractivity contribution in [1.29, 1.82) is 0 Å². The van der Waals surface area contributed by atoms with Crippen molar-refractivity contribution < 1.29 is 23.9 Å². The van der Waals surface area contributed by atoms with E-state index in [0.717, 1.165) is 5.56 Å². The molecule has 1 heterocycles. The first-order valence-electron chi connectivity index (χ1n) is 12.4. The fraction of sp³-hybridized carbons (Fsp3) is 0.630. The van der Waals surface area contributed by atoms with Crippen LogP contribution in [0.4, 0.5) is 0 Å². The lowest BCUT2D eigenvalue weighted by atomic mass is 9.71. The number of likely N-dealkylation sites (tertiary alicyclic amines) is 1. The van der Waals surface area contributed by atoms with Crippen molar-refractivity contribution in [3.63, 3.8) is 0 Å². The van der Waals surface area contributed by atoms with Crippen LogP contribution in [0, 0.1) is 11.8 Å². The lowest BCUT2D eigenvalue weighted by molar-refractivity contribution is -0.155. The Balaban J connectivity index is 2.09. The number of ether oxygens (including phenoxy) is 1. The Labute approximate surface area is 209 Å². The third-order valence-corrected chi connectivity index (χ3v) is 7.23. The van der Waals surface area contributed by atoms with Gasteiger partial charge in [0.1, 0.15) is 12.1 Å². The van der Waals surface area contributed by atoms with E-state index < -0.39 is 23.5 Å². The summed E-state index contributed by atoms with van der Waals surface area (Å²) in [4.78, 5) is 54.6. The number of benzene rings is 1. The predicted octanol–water partition coefficient (Wildman–Crippen LogP) is 2.75. The number of rotatable bonds is 10. The number of amides is 3. The molecule has 0 saturated carbocycles. The Kier molecular flexibility index (Phi) is 9.86. The van der Waals surface area contributed by atoms with Gasteiger partial charge in [0.2, 0.25) is 17.7 Å². The van der Waals surface area contributed by atoms with Crippen molar-refractivity contribution >= 4 is 23.7 Å². The number of likely N-dealkylation sites (N-methyl/N-ethyl adjacent to an activating group) is 1. The summed E-state index contributed by atoms with van der Waals surface area (Å²) in [5.74, 6) is -1.76. The van der Waals surface area contributed by atoms with E-state index in [1.54, 1.807) is 7.05 Å². The summed E-state index contributed by atoms with van der Waals surface area (Å²) in [5, 5.41) is 2.80. The highest BCUT2D eigenvalue weighted by molar-refractivity contribution is 5.93. The van der Waals surface area contributed by atoms with Gasteiger partial charge in [-0.2, -0.15) is 0 Å². The van der Waals surface area contributed by atoms with E-state index in [0.29, 0.717) is 25.8 Å². The third-order valence-electron chi connectivity index (χ3n) is 7.23. The van der Waals surface area contributed by atoms with Gasteiger partial charge in [-0.25, -0.2) is 4.79 Å². The molecule has 8 nitrogen and oxygen atoms in total. The molecule has 0 bridgehead atoms. The second-order valence-corrected chi connectivity index (χ2v) is 10.2. The topological polar surface area (TPSA) is 96.0 Å². The van der Waals surface area contributed by atoms with Crippen molar-refractivity contribution in [2.45, 2.75) is 71.4 Å². The normalized spacial score (nSPS) is 17.6. The Morgan fingerprint density at radius 2 is 1.80 bits per heavy atom. The van der Waals surface area contributed by atoms with Crippen LogP contribution in [0.25, 0.3) is 0 Å². The second-order valence-electron chi connectivity index (χ2n) is 10.2. The number of nitrogens with one attached hydrogen (secondary N) is 1. The monoisotopic (exact) mass is 487 g/mol. The minimum absolute atomic E-state index is 0.175. The smallest absolute Gasteiger partial charge is 0.328 e. The maximum absolute atomic E-state index is 13.4. The van der Waals surface area contributed by atoms with Gasteiger partial charge >= 0.3 is 5.97 Å². The molecule has 35 heavy (non-hydrogen) atoms. The largest absolute Gasteiger partial charge is 0.467 e. The number of esters is 1. The van der Waals surface area contributed by atoms with E-state index in [9.17, 15) is 19.2 Å². The first kappa shape index (κ1) is 28.3. The van der Waals surface area contributed by atoms with Gasteiger partial charge in [0.15, 0.2) is 0 Å². The molecule has 1 aliphatic heterocycles. The average molecular weight is 488 g/mol. The molecular weight excluding hydrogens is 446 g/mol. The quantitative estimate of drug-likeness (QED) is 0.512. The zero-order valence-corrected chi connectivity index (χ0v) is 22.2. The van der Waals surface area contributed by atoms with Gasteiger partial charge in [-0.05, 0) is 30.7 Å². The molecule has 0 unspecified atom stereocenters. The van der Waals surface area contributed by atoms with Crippen LogP contribution >= 0.6 is 0 Å². The van der Waals surface area contributed by atoms with Gasteiger partial charge in [0, 0.05) is 24.9 Å². The molecule has 0 aromatic heterocycles. The number of carbonyl (C=O) groups excluding carboxylic acids is 4. The number of carbonyl (C=O) groups is 4. The number of nitrogens with zero attached hydrogens (tertiary/aromatic N) is 2. The zero-order valence-electron chi connectivity index (χ0n) is 22.2. The fourth-order valence-electron chi connectivity index (χ4n) is 5.14. The van der Waals surface area contributed by atoms with E-state index in [1.807, 2.05) is 65.0 Å². The van der Waals surface area contributed by atoms with E-state index in [1.165, 1.54) is 16.9 Å². The minimum Gasteiger partial charge on any atom is -0.467 e. The molecule has 3 amide bonds. The van der Waals surface area contributed by atoms with E-state index in [4.69, 9.17) is 4.74 Å². The summed E-state index contributed by atoms with van der Waals surface area (Å²) in [7, 11) is 2.88. The molecule has 0 aliphatic carbocycles. The summed E-state index contributed by atoms with van der Waals surface area (Å²) in [6, 6.07) is 8.50. The minimum atomic E-state index is -0.743. The molecule has 0 spiro atoms. The molecule has 3 atom stereocenters. The van der Waals surface area contributed by atoms with Crippen molar-refractivity contribution in [3.05, 3.63) is 35.9 Å². The van der Waals surface area contributed by atoms with Gasteiger partial charge in [0.05, 0.1) is 13.7 Å². The zero-order chi connectivity index (χ0) is 26.3. The number of methoxy groups -OCH3 is 1. The molecule has 1 aromatic carbocycles. The highest BCUT2D eigenvalue weighted by atomic mass is 16.5. The molecule has 1 saturated heterocycles. The highest BCUT2D eigenvalue weighted by Gasteiger charge is 2.41. The van der Waals surface area contributed by atoms with Crippen LogP contribution in [-0.4, -0.2) is 72.8 Å². The lowest BCUT2D eigenvalue weighted by Crippen LogP contribution is -2.56. The summed E-state index contributed by atoms with van der Waals surface area (Å²) in [6.45, 7) is 10.0. The summed E-state index contributed by atoms with van der Waals surface area (Å²) in [6.07, 6.45) is 1.88. The van der Waals surface area contributed by atoms with Crippen LogP contribution in [0.2, 0.25) is 0 Å². The summed E-state index contributed by atoms with van der Waals surface area (Å²) in [5.41, 5.74) is 0.645. The molecule has 1 fully saturated rings. The van der Waals surface area contributed by atoms with Crippen LogP contribution in [-0.2, 0) is 29.3 Å². The van der Waals surface area contributed by atoms with E-state index in [2.05, 4.69) is 5.32 Å². The first-order valence-corrected chi connectivity index (χ1v) is 12.4. The van der Waals surface area contributed by atoms with Crippen molar-refractivity contribution in [1.82, 2.24) is 15.1 Å². The van der Waals surface area contributed by atoms with Crippen molar-refractivity contribution in [3.8, 4) is 0 Å². The van der Waals surface area contributed by atoms with E-state index in [-0.39, 0.29) is 36.1 Å². The number of hydrogen-bond donors (Lipinski definition) is 1. The molecular formula is C27H41N3O5. The summed E-state index contributed by atoms with van der Waals surface area (Å²) >= 11 is 0. The van der Waals surface area contributed by atoms with E-state index >= 15 is 0 Å². The van der Waals surface area contributed by atoms with Gasteiger partial charge < -0.3 is 19.9 Å². The Hall–Kier alpha value is -2.90. The maximum Gasteiger partial charge on any atom is 0.328 e. The number of hydrogen-bond acceptors (Lipinski definition) is 5. The fourth-order valence-corrected chi connectivity index (χ4v) is 5.14. The molecule has 1 aliphatic rings. The summed E-state index contributed by atoms with van der Waals surface area (Å²) < 4.78 is 4.86. The molecule has 1 aromatic rings. The molecule has 194 valence electrons. The average Bonchev–Trinajstić information content (AvgIpc) is 3.32. The predicted molar refractivity (Wildman–Crippen MR) is 134 cm³/mol. The third kappa shape index (κ3) is 6.41. The molecule has 8 heteroatoms. The Morgan fingerprint density at radius 1 is 1.17 bits per heavy atom. The Morgan fingerprint density at radius 3 is 2.34 bits per heavy atom. The van der Waals surface area contributed by atoms with Crippen LogP contribution in [0.5, 0.6) is 0 Å². The molecule has 0 radical (unpaired) electrons. The van der Waals surface area contributed by atoms with Crippen molar-refractivity contribution in [2.75, 3.05) is 27.2 Å². The van der Waals surface area contributed by atoms with Gasteiger partial charge in [-0.1, -0.05) is 65.0 Å². The van der Waals surface area contributed by atoms with Crippen LogP contribution in [0.1, 0.15) is 59.4 Å². The first-order chi connectivity index (χ1) is 16.5. The van der Waals surface area contributed by atoms with Crippen molar-refractivity contribution in [2.24, 2.45) is 11.8 Å². The Bertz CT molecular complexity index is 899. The van der Waals surface area contributed by atoms with Gasteiger partial charge in [-0.3, -0.25) is 14.4 Å². The van der Waals surface area contributed by atoms with Crippen LogP contribution in [0.3, 0.4) is 0 Å². The highest BCUT2D eigenvalue weighted by Crippen LogP contribution is 2.34. The van der Waals surface area contributed by atoms with Crippen LogP contribution < -0.4 is 5.32 Å². The van der Waals surface area contributed by atoms with Crippen LogP contribution in [0.15, 0.2) is 30.3 Å². The molecule has 1 N–H and O–H groups in total. The lowest BCUT2D eigenvalue weighted by Gasteiger charge is -2.35. The van der Waals surface area contributed by atoms with Gasteiger partial charge in [-0.15, -0.1) is 0 Å². The maximum atomic E-state index is 13.4. The standard InChI is InChI=1S/C27H41N3O5/c1-8-20(27(4,5)19-13-10-9-11-14-19)24(32)28-17-22(31)29(6)23(18(2)3)25(33)30-16-12-15-21(30)26(34)35-7/h9-11,13-14,18,20-21,23H,8,12,15-17H2,1-7H3,(H,28,32)/t20-,21+,23+/m1/s1. The molecule has 2 rings (SSSR count). The van der Waals surface area contributed by atoms with Gasteiger partial charge in [0.25, 0.3) is 0 Å². The SMILES string of the molecule is CC[C@H](C(=O)NCC(=O)N(C)[C@H](C(=O)N1CCC[C@H]1C(=O)OC)C(C)C)C(C)(C)c1ccccc1. The second kappa shape index (κ2) is 12.2.